The summed E-state index contributed by atoms with van der Waals surface area (Å²) in [7, 11) is 0. The van der Waals surface area contributed by atoms with Crippen LogP contribution >= 0.6 is 11.3 Å². The Bertz CT molecular complexity index is 1360. The largest absolute Gasteiger partial charge is 0.362 e. The van der Waals surface area contributed by atoms with Gasteiger partial charge in [0.1, 0.15) is 10.3 Å². The number of thiazole rings is 1. The standard InChI is InChI=1S/C24H27N9OS/c1-15(11-26)22(23-29-19(7-8-25)13-33(23)27-14-34)32-10-9-31(12-16(32)2)17(3)20-5-6-21-24(30-20)35-18(4)28-21/h5-6,13-14,16-17H,7,9-10,12H2,1-4H3,(H,27,34)/b22-15-. The summed E-state index contributed by atoms with van der Waals surface area (Å²) >= 11 is 1.60. The average molecular weight is 490 g/mol. The lowest BCUT2D eigenvalue weighted by molar-refractivity contribution is -0.106. The summed E-state index contributed by atoms with van der Waals surface area (Å²) in [6.07, 6.45) is 2.28. The molecule has 0 bridgehead atoms. The van der Waals surface area contributed by atoms with Gasteiger partial charge in [0.05, 0.1) is 52.4 Å². The fourth-order valence-corrected chi connectivity index (χ4v) is 5.30. The maximum Gasteiger partial charge on any atom is 0.226 e. The third-order valence-corrected chi connectivity index (χ3v) is 7.13. The molecule has 1 amide bonds. The number of aromatic nitrogens is 4. The van der Waals surface area contributed by atoms with Gasteiger partial charge in [-0.3, -0.25) is 15.1 Å². The molecule has 1 fully saturated rings. The van der Waals surface area contributed by atoms with Gasteiger partial charge >= 0.3 is 0 Å². The zero-order valence-electron chi connectivity index (χ0n) is 20.2. The Labute approximate surface area is 208 Å². The number of imidazole rings is 1. The van der Waals surface area contributed by atoms with Crippen LogP contribution in [0, 0.1) is 29.6 Å². The van der Waals surface area contributed by atoms with Crippen molar-refractivity contribution in [2.45, 2.75) is 46.2 Å². The van der Waals surface area contributed by atoms with E-state index in [0.717, 1.165) is 34.1 Å². The average Bonchev–Trinajstić information content (AvgIpc) is 3.41. The Balaban J connectivity index is 1.59. The van der Waals surface area contributed by atoms with Crippen molar-refractivity contribution in [3.63, 3.8) is 0 Å². The molecule has 1 N–H and O–H groups in total. The Morgan fingerprint density at radius 2 is 2.11 bits per heavy atom. The second-order valence-corrected chi connectivity index (χ2v) is 9.78. The molecule has 2 unspecified atom stereocenters. The topological polar surface area (TPSA) is 127 Å². The molecule has 1 saturated heterocycles. The highest BCUT2D eigenvalue weighted by atomic mass is 32.1. The van der Waals surface area contributed by atoms with Crippen LogP contribution in [0.1, 0.15) is 49.0 Å². The van der Waals surface area contributed by atoms with E-state index in [1.165, 1.54) is 4.68 Å². The molecule has 3 aromatic rings. The number of hydrogen-bond acceptors (Lipinski definition) is 9. The van der Waals surface area contributed by atoms with E-state index in [4.69, 9.17) is 10.2 Å². The van der Waals surface area contributed by atoms with Crippen LogP contribution < -0.4 is 5.43 Å². The van der Waals surface area contributed by atoms with E-state index in [9.17, 15) is 10.1 Å². The molecular formula is C24H27N9OS. The van der Waals surface area contributed by atoms with Crippen molar-refractivity contribution in [2.75, 3.05) is 25.1 Å². The summed E-state index contributed by atoms with van der Waals surface area (Å²) in [4.78, 5) is 30.6. The molecule has 4 rings (SSSR count). The summed E-state index contributed by atoms with van der Waals surface area (Å²) < 4.78 is 1.48. The predicted molar refractivity (Wildman–Crippen MR) is 133 cm³/mol. The minimum absolute atomic E-state index is 0.0691. The number of rotatable bonds is 7. The third-order valence-electron chi connectivity index (χ3n) is 6.25. The van der Waals surface area contributed by atoms with E-state index in [-0.39, 0.29) is 18.5 Å². The number of fused-ring (bicyclic) bond motifs is 1. The highest BCUT2D eigenvalue weighted by Crippen LogP contribution is 2.31. The zero-order valence-corrected chi connectivity index (χ0v) is 21.0. The van der Waals surface area contributed by atoms with E-state index in [2.05, 4.69) is 51.2 Å². The first-order chi connectivity index (χ1) is 16.9. The van der Waals surface area contributed by atoms with Crippen molar-refractivity contribution < 1.29 is 4.79 Å². The maximum absolute atomic E-state index is 11.2. The van der Waals surface area contributed by atoms with E-state index in [1.807, 2.05) is 19.1 Å². The van der Waals surface area contributed by atoms with Crippen LogP contribution in [-0.2, 0) is 11.2 Å². The smallest absolute Gasteiger partial charge is 0.226 e. The number of nitrogens with zero attached hydrogens (tertiary/aromatic N) is 8. The lowest BCUT2D eigenvalue weighted by atomic mass is 10.1. The molecule has 4 heterocycles. The normalized spacial score (nSPS) is 18.0. The first-order valence-corrected chi connectivity index (χ1v) is 12.2. The predicted octanol–water partition coefficient (Wildman–Crippen LogP) is 2.98. The number of carbonyl (C=O) groups excluding carboxylic acids is 1. The lowest BCUT2D eigenvalue weighted by Gasteiger charge is -2.44. The van der Waals surface area contributed by atoms with Gasteiger partial charge in [-0.1, -0.05) is 11.3 Å². The molecule has 1 aliphatic heterocycles. The van der Waals surface area contributed by atoms with Crippen molar-refractivity contribution in [1.29, 1.82) is 10.5 Å². The van der Waals surface area contributed by atoms with Crippen LogP contribution in [0.4, 0.5) is 0 Å². The third kappa shape index (κ3) is 4.87. The van der Waals surface area contributed by atoms with Crippen LogP contribution in [0.5, 0.6) is 0 Å². The number of carbonyl (C=O) groups is 1. The SMILES string of the molecule is C/C(C#N)=C(\c1nc(CC#N)cn1NC=O)N1CCN(C(C)c2ccc3nc(C)sc3n2)CC1C. The summed E-state index contributed by atoms with van der Waals surface area (Å²) in [5.74, 6) is 0.447. The summed E-state index contributed by atoms with van der Waals surface area (Å²) in [5, 5.41) is 19.9. The van der Waals surface area contributed by atoms with Gasteiger partial charge in [-0.15, -0.1) is 0 Å². The highest BCUT2D eigenvalue weighted by Gasteiger charge is 2.32. The van der Waals surface area contributed by atoms with Gasteiger partial charge in [-0.2, -0.15) is 10.5 Å². The molecule has 0 aliphatic carbocycles. The number of piperazine rings is 1. The molecular weight excluding hydrogens is 462 g/mol. The fraction of sp³-hybridized carbons (Fsp3) is 0.417. The second-order valence-electron chi connectivity index (χ2n) is 8.60. The van der Waals surface area contributed by atoms with Crippen LogP contribution in [-0.4, -0.2) is 61.5 Å². The maximum atomic E-state index is 11.2. The van der Waals surface area contributed by atoms with Gasteiger partial charge in [-0.25, -0.2) is 19.6 Å². The highest BCUT2D eigenvalue weighted by molar-refractivity contribution is 7.18. The number of nitriles is 2. The van der Waals surface area contributed by atoms with Gasteiger partial charge < -0.3 is 4.90 Å². The van der Waals surface area contributed by atoms with E-state index in [1.54, 1.807) is 24.5 Å². The van der Waals surface area contributed by atoms with Crippen LogP contribution in [0.25, 0.3) is 16.0 Å². The number of aryl methyl sites for hydroxylation is 1. The molecule has 11 heteroatoms. The van der Waals surface area contributed by atoms with Crippen molar-refractivity contribution in [3.8, 4) is 12.1 Å². The van der Waals surface area contributed by atoms with Gasteiger partial charge in [-0.05, 0) is 39.8 Å². The molecule has 10 nitrogen and oxygen atoms in total. The summed E-state index contributed by atoms with van der Waals surface area (Å²) in [5.41, 5.74) is 6.23. The van der Waals surface area contributed by atoms with E-state index in [0.29, 0.717) is 35.7 Å². The van der Waals surface area contributed by atoms with Crippen LogP contribution in [0.3, 0.4) is 0 Å². The van der Waals surface area contributed by atoms with Crippen molar-refractivity contribution in [2.24, 2.45) is 0 Å². The number of allylic oxidation sites excluding steroid dienone is 1. The number of pyridine rings is 1. The molecule has 2 atom stereocenters. The molecule has 0 spiro atoms. The van der Waals surface area contributed by atoms with Crippen molar-refractivity contribution in [1.82, 2.24) is 29.4 Å². The molecule has 0 radical (unpaired) electrons. The fourth-order valence-electron chi connectivity index (χ4n) is 4.51. The van der Waals surface area contributed by atoms with E-state index < -0.39 is 0 Å². The first kappa shape index (κ1) is 24.3. The first-order valence-electron chi connectivity index (χ1n) is 11.4. The van der Waals surface area contributed by atoms with Crippen LogP contribution in [0.15, 0.2) is 23.9 Å². The minimum atomic E-state index is 0.0691. The Morgan fingerprint density at radius 1 is 1.31 bits per heavy atom. The summed E-state index contributed by atoms with van der Waals surface area (Å²) in [6.45, 7) is 10.2. The van der Waals surface area contributed by atoms with E-state index >= 15 is 0 Å². The zero-order chi connectivity index (χ0) is 25.1. The molecule has 1 aliphatic rings. The van der Waals surface area contributed by atoms with Gasteiger partial charge in [0, 0.05) is 31.7 Å². The quantitative estimate of drug-likeness (QED) is 0.396. The van der Waals surface area contributed by atoms with Crippen molar-refractivity contribution >= 4 is 33.8 Å². The van der Waals surface area contributed by atoms with Crippen molar-refractivity contribution in [3.05, 3.63) is 46.1 Å². The number of nitrogens with one attached hydrogen (secondary N) is 1. The Morgan fingerprint density at radius 3 is 2.80 bits per heavy atom. The Kier molecular flexibility index (Phi) is 7.10. The molecule has 180 valence electrons. The second kappa shape index (κ2) is 10.2. The number of hydrogen-bond donors (Lipinski definition) is 1. The molecule has 0 saturated carbocycles. The minimum Gasteiger partial charge on any atom is -0.362 e. The molecule has 35 heavy (non-hydrogen) atoms. The van der Waals surface area contributed by atoms with Gasteiger partial charge in [0.15, 0.2) is 5.82 Å². The monoisotopic (exact) mass is 489 g/mol. The summed E-state index contributed by atoms with van der Waals surface area (Å²) in [6, 6.07) is 8.60. The molecule has 3 aromatic heterocycles. The lowest BCUT2D eigenvalue weighted by Crippen LogP contribution is -2.52. The number of amides is 1. The molecule has 0 aromatic carbocycles. The Hall–Kier alpha value is -3.80. The van der Waals surface area contributed by atoms with Crippen LogP contribution in [0.2, 0.25) is 0 Å². The van der Waals surface area contributed by atoms with Gasteiger partial charge in [0.25, 0.3) is 0 Å². The van der Waals surface area contributed by atoms with Gasteiger partial charge in [0.2, 0.25) is 6.41 Å².